The summed E-state index contributed by atoms with van der Waals surface area (Å²) in [5, 5.41) is 2.81. The Morgan fingerprint density at radius 3 is 2.16 bits per heavy atom. The second-order valence-corrected chi connectivity index (χ2v) is 7.59. The van der Waals surface area contributed by atoms with Crippen LogP contribution in [-0.4, -0.2) is 60.6 Å². The summed E-state index contributed by atoms with van der Waals surface area (Å²) in [5.74, 6) is 0.0624. The average molecular weight is 347 g/mol. The lowest BCUT2D eigenvalue weighted by molar-refractivity contribution is 0.0507. The van der Waals surface area contributed by atoms with E-state index in [1.54, 1.807) is 0 Å². The largest absolute Gasteiger partial charge is 0.444 e. The predicted octanol–water partition coefficient (Wildman–Crippen LogP) is 2.66. The minimum Gasteiger partial charge on any atom is -0.444 e. The molecule has 1 N–H and O–H groups in total. The molecule has 0 radical (unpaired) electrons. The molecule has 1 fully saturated rings. The van der Waals surface area contributed by atoms with Crippen LogP contribution >= 0.6 is 0 Å². The molecule has 2 rings (SSSR count). The number of piperazine rings is 1. The van der Waals surface area contributed by atoms with Crippen molar-refractivity contribution in [2.24, 2.45) is 0 Å². The van der Waals surface area contributed by atoms with E-state index < -0.39 is 11.7 Å². The van der Waals surface area contributed by atoms with Crippen molar-refractivity contribution in [2.45, 2.75) is 39.3 Å². The number of hydrogen-bond donors (Lipinski definition) is 1. The van der Waals surface area contributed by atoms with Crippen LogP contribution in [0, 0.1) is 0 Å². The standard InChI is InChI=1S/C19H29N3O3/c1-14(20-18(24)25-19(2,3)4)15-6-8-16(9-7-15)17(23)22-12-10-21(5)11-13-22/h6-9,14H,10-13H2,1-5H3,(H,20,24). The summed E-state index contributed by atoms with van der Waals surface area (Å²) in [4.78, 5) is 28.5. The highest BCUT2D eigenvalue weighted by Gasteiger charge is 2.21. The van der Waals surface area contributed by atoms with Gasteiger partial charge in [-0.25, -0.2) is 4.79 Å². The molecule has 1 aromatic carbocycles. The van der Waals surface area contributed by atoms with Crippen LogP contribution in [0.2, 0.25) is 0 Å². The molecule has 0 saturated carbocycles. The van der Waals surface area contributed by atoms with Crippen molar-refractivity contribution in [3.05, 3.63) is 35.4 Å². The number of likely N-dealkylation sites (N-methyl/N-ethyl adjacent to an activating group) is 1. The molecule has 2 amide bonds. The zero-order valence-electron chi connectivity index (χ0n) is 15.8. The Balaban J connectivity index is 1.94. The van der Waals surface area contributed by atoms with Gasteiger partial charge in [-0.1, -0.05) is 12.1 Å². The molecule has 1 aromatic rings. The summed E-state index contributed by atoms with van der Waals surface area (Å²) >= 11 is 0. The van der Waals surface area contributed by atoms with E-state index in [0.29, 0.717) is 5.56 Å². The van der Waals surface area contributed by atoms with Gasteiger partial charge in [-0.05, 0) is 52.4 Å². The Morgan fingerprint density at radius 1 is 1.08 bits per heavy atom. The minimum atomic E-state index is -0.525. The fraction of sp³-hybridized carbons (Fsp3) is 0.579. The van der Waals surface area contributed by atoms with E-state index in [1.165, 1.54) is 0 Å². The summed E-state index contributed by atoms with van der Waals surface area (Å²) in [6.45, 7) is 10.7. The van der Waals surface area contributed by atoms with Crippen LogP contribution < -0.4 is 5.32 Å². The van der Waals surface area contributed by atoms with Gasteiger partial charge in [0.1, 0.15) is 5.60 Å². The first-order chi connectivity index (χ1) is 11.7. The highest BCUT2D eigenvalue weighted by molar-refractivity contribution is 5.94. The lowest BCUT2D eigenvalue weighted by Crippen LogP contribution is -2.47. The Labute approximate surface area is 150 Å². The van der Waals surface area contributed by atoms with Gasteiger partial charge in [0, 0.05) is 31.7 Å². The molecule has 0 spiro atoms. The molecule has 1 aliphatic rings. The normalized spacial score (nSPS) is 17.1. The van der Waals surface area contributed by atoms with Gasteiger partial charge in [-0.15, -0.1) is 0 Å². The van der Waals surface area contributed by atoms with Gasteiger partial charge in [0.2, 0.25) is 0 Å². The summed E-state index contributed by atoms with van der Waals surface area (Å²) in [5.41, 5.74) is 1.08. The van der Waals surface area contributed by atoms with Gasteiger partial charge in [0.15, 0.2) is 0 Å². The van der Waals surface area contributed by atoms with Crippen molar-refractivity contribution in [1.82, 2.24) is 15.1 Å². The maximum atomic E-state index is 12.5. The maximum Gasteiger partial charge on any atom is 0.408 e. The number of alkyl carbamates (subject to hydrolysis) is 1. The molecule has 6 nitrogen and oxygen atoms in total. The predicted molar refractivity (Wildman–Crippen MR) is 97.6 cm³/mol. The topological polar surface area (TPSA) is 61.9 Å². The molecule has 0 aromatic heterocycles. The number of benzene rings is 1. The Hall–Kier alpha value is -2.08. The number of carbonyl (C=O) groups excluding carboxylic acids is 2. The molecule has 25 heavy (non-hydrogen) atoms. The molecule has 1 aliphatic heterocycles. The minimum absolute atomic E-state index is 0.0624. The molecule has 1 heterocycles. The first kappa shape index (κ1) is 19.2. The quantitative estimate of drug-likeness (QED) is 0.913. The van der Waals surface area contributed by atoms with Crippen molar-refractivity contribution in [3.8, 4) is 0 Å². The monoisotopic (exact) mass is 347 g/mol. The van der Waals surface area contributed by atoms with E-state index >= 15 is 0 Å². The number of ether oxygens (including phenoxy) is 1. The first-order valence-corrected chi connectivity index (χ1v) is 8.73. The molecule has 1 atom stereocenters. The molecule has 138 valence electrons. The van der Waals surface area contributed by atoms with Crippen LogP contribution in [0.3, 0.4) is 0 Å². The highest BCUT2D eigenvalue weighted by Crippen LogP contribution is 2.16. The summed E-state index contributed by atoms with van der Waals surface area (Å²) < 4.78 is 5.27. The summed E-state index contributed by atoms with van der Waals surface area (Å²) in [6, 6.07) is 7.21. The van der Waals surface area contributed by atoms with Gasteiger partial charge in [0.05, 0.1) is 6.04 Å². The molecular weight excluding hydrogens is 318 g/mol. The van der Waals surface area contributed by atoms with Gasteiger partial charge in [0.25, 0.3) is 5.91 Å². The van der Waals surface area contributed by atoms with Crippen molar-refractivity contribution >= 4 is 12.0 Å². The zero-order valence-corrected chi connectivity index (χ0v) is 15.8. The van der Waals surface area contributed by atoms with Crippen molar-refractivity contribution < 1.29 is 14.3 Å². The fourth-order valence-electron chi connectivity index (χ4n) is 2.67. The van der Waals surface area contributed by atoms with Crippen molar-refractivity contribution in [3.63, 3.8) is 0 Å². The number of hydrogen-bond acceptors (Lipinski definition) is 4. The van der Waals surface area contributed by atoms with Crippen LogP contribution in [0.1, 0.15) is 49.7 Å². The molecule has 1 saturated heterocycles. The second kappa shape index (κ2) is 7.87. The Bertz CT molecular complexity index is 599. The Kier molecular flexibility index (Phi) is 6.06. The van der Waals surface area contributed by atoms with E-state index in [0.717, 1.165) is 31.7 Å². The first-order valence-electron chi connectivity index (χ1n) is 8.73. The van der Waals surface area contributed by atoms with Crippen LogP contribution in [-0.2, 0) is 4.74 Å². The molecule has 0 aliphatic carbocycles. The van der Waals surface area contributed by atoms with E-state index in [4.69, 9.17) is 4.74 Å². The summed E-state index contributed by atoms with van der Waals surface area (Å²) in [6.07, 6.45) is -0.447. The van der Waals surface area contributed by atoms with Gasteiger partial charge in [-0.3, -0.25) is 4.79 Å². The van der Waals surface area contributed by atoms with Gasteiger partial charge in [-0.2, -0.15) is 0 Å². The zero-order chi connectivity index (χ0) is 18.6. The lowest BCUT2D eigenvalue weighted by atomic mass is 10.1. The fourth-order valence-corrected chi connectivity index (χ4v) is 2.67. The molecular formula is C19H29N3O3. The third kappa shape index (κ3) is 5.74. The third-order valence-corrected chi connectivity index (χ3v) is 4.18. The maximum absolute atomic E-state index is 12.5. The van der Waals surface area contributed by atoms with Crippen molar-refractivity contribution in [2.75, 3.05) is 33.2 Å². The smallest absolute Gasteiger partial charge is 0.408 e. The molecule has 1 unspecified atom stereocenters. The van der Waals surface area contributed by atoms with E-state index in [2.05, 4.69) is 17.3 Å². The van der Waals surface area contributed by atoms with E-state index in [9.17, 15) is 9.59 Å². The third-order valence-electron chi connectivity index (χ3n) is 4.18. The van der Waals surface area contributed by atoms with Crippen molar-refractivity contribution in [1.29, 1.82) is 0 Å². The van der Waals surface area contributed by atoms with Crippen LogP contribution in [0.5, 0.6) is 0 Å². The number of rotatable bonds is 3. The molecule has 0 bridgehead atoms. The summed E-state index contributed by atoms with van der Waals surface area (Å²) in [7, 11) is 2.07. The van der Waals surface area contributed by atoms with Crippen LogP contribution in [0.25, 0.3) is 0 Å². The van der Waals surface area contributed by atoms with E-state index in [1.807, 2.05) is 56.9 Å². The number of amides is 2. The second-order valence-electron chi connectivity index (χ2n) is 7.59. The Morgan fingerprint density at radius 2 is 1.64 bits per heavy atom. The lowest BCUT2D eigenvalue weighted by Gasteiger charge is -2.32. The van der Waals surface area contributed by atoms with Crippen LogP contribution in [0.15, 0.2) is 24.3 Å². The number of nitrogens with one attached hydrogen (secondary N) is 1. The number of carbonyl (C=O) groups is 2. The molecule has 6 heteroatoms. The van der Waals surface area contributed by atoms with Gasteiger partial charge >= 0.3 is 6.09 Å². The van der Waals surface area contributed by atoms with E-state index in [-0.39, 0.29) is 11.9 Å². The number of nitrogens with zero attached hydrogens (tertiary/aromatic N) is 2. The highest BCUT2D eigenvalue weighted by atomic mass is 16.6. The SMILES string of the molecule is CC(NC(=O)OC(C)(C)C)c1ccc(C(=O)N2CCN(C)CC2)cc1. The average Bonchev–Trinajstić information content (AvgIpc) is 2.53. The van der Waals surface area contributed by atoms with Crippen LogP contribution in [0.4, 0.5) is 4.79 Å². The van der Waals surface area contributed by atoms with Gasteiger partial charge < -0.3 is 19.9 Å².